The maximum absolute atomic E-state index is 11.6. The Hall–Kier alpha value is -2.25. The minimum absolute atomic E-state index is 0.144. The largest absolute Gasteiger partial charge is 0.288 e. The molecule has 0 aliphatic carbocycles. The van der Waals surface area contributed by atoms with Crippen molar-refractivity contribution in [2.45, 2.75) is 12.5 Å². The number of para-hydroxylation sites is 1. The van der Waals surface area contributed by atoms with Gasteiger partial charge in [-0.15, -0.1) is 11.3 Å². The topological polar surface area (TPSA) is 64.3 Å². The number of hydrogen-bond acceptors (Lipinski definition) is 5. The summed E-state index contributed by atoms with van der Waals surface area (Å²) in [6.07, 6.45) is 4.31. The number of hydrogen-bond donors (Lipinski definition) is 0. The quantitative estimate of drug-likeness (QED) is 0.662. The summed E-state index contributed by atoms with van der Waals surface area (Å²) < 4.78 is 25.0. The normalized spacial score (nSPS) is 19.6. The number of aliphatic imine (C=N–C) groups is 1. The van der Waals surface area contributed by atoms with Crippen LogP contribution in [0, 0.1) is 0 Å². The molecule has 1 saturated heterocycles. The molecule has 0 unspecified atom stereocenters. The van der Waals surface area contributed by atoms with Crippen molar-refractivity contribution in [3.05, 3.63) is 59.6 Å². The Labute approximate surface area is 150 Å². The van der Waals surface area contributed by atoms with Crippen LogP contribution in [-0.2, 0) is 9.84 Å². The van der Waals surface area contributed by atoms with Crippen molar-refractivity contribution in [3.63, 3.8) is 0 Å². The van der Waals surface area contributed by atoms with Gasteiger partial charge in [-0.25, -0.2) is 13.1 Å². The molecule has 25 heavy (non-hydrogen) atoms. The first-order chi connectivity index (χ1) is 12.1. The molecule has 0 bridgehead atoms. The number of aromatic nitrogens is 2. The average molecular weight is 371 g/mol. The van der Waals surface area contributed by atoms with E-state index >= 15 is 0 Å². The SMILES string of the molecule is O=S1(=O)CC[C@H](N=Cc2cn(-c3ccccc3)nc2-c2cccs2)C1. The van der Waals surface area contributed by atoms with Gasteiger partial charge in [-0.2, -0.15) is 5.10 Å². The second-order valence-electron chi connectivity index (χ2n) is 6.03. The first-order valence-electron chi connectivity index (χ1n) is 8.03. The molecule has 1 atom stereocenters. The first-order valence-corrected chi connectivity index (χ1v) is 10.7. The van der Waals surface area contributed by atoms with E-state index in [2.05, 4.69) is 4.99 Å². The molecule has 5 nitrogen and oxygen atoms in total. The van der Waals surface area contributed by atoms with Crippen molar-refractivity contribution in [2.24, 2.45) is 4.99 Å². The van der Waals surface area contributed by atoms with Crippen molar-refractivity contribution >= 4 is 27.4 Å². The van der Waals surface area contributed by atoms with Gasteiger partial charge in [-0.3, -0.25) is 4.99 Å². The molecule has 3 heterocycles. The van der Waals surface area contributed by atoms with Crippen molar-refractivity contribution < 1.29 is 8.42 Å². The van der Waals surface area contributed by atoms with Crippen LogP contribution in [0.15, 0.2) is 59.0 Å². The van der Waals surface area contributed by atoms with Gasteiger partial charge < -0.3 is 0 Å². The molecule has 0 N–H and O–H groups in total. The smallest absolute Gasteiger partial charge is 0.152 e. The summed E-state index contributed by atoms with van der Waals surface area (Å²) in [5.41, 5.74) is 2.74. The number of nitrogens with zero attached hydrogens (tertiary/aromatic N) is 3. The van der Waals surface area contributed by atoms with Gasteiger partial charge in [0.2, 0.25) is 0 Å². The highest BCUT2D eigenvalue weighted by Gasteiger charge is 2.27. The Balaban J connectivity index is 1.69. The monoisotopic (exact) mass is 371 g/mol. The van der Waals surface area contributed by atoms with E-state index in [4.69, 9.17) is 5.10 Å². The fraction of sp³-hybridized carbons (Fsp3) is 0.222. The van der Waals surface area contributed by atoms with Crippen LogP contribution in [0.3, 0.4) is 0 Å². The number of thiophene rings is 1. The number of sulfone groups is 1. The van der Waals surface area contributed by atoms with Crippen LogP contribution in [0.2, 0.25) is 0 Å². The van der Waals surface area contributed by atoms with E-state index in [0.717, 1.165) is 21.8 Å². The highest BCUT2D eigenvalue weighted by atomic mass is 32.2. The lowest BCUT2D eigenvalue weighted by atomic mass is 10.2. The maximum Gasteiger partial charge on any atom is 0.152 e. The lowest BCUT2D eigenvalue weighted by Crippen LogP contribution is -2.07. The third kappa shape index (κ3) is 3.57. The van der Waals surface area contributed by atoms with E-state index in [1.165, 1.54) is 0 Å². The summed E-state index contributed by atoms with van der Waals surface area (Å²) in [7, 11) is -2.92. The molecular formula is C18H17N3O2S2. The van der Waals surface area contributed by atoms with Gasteiger partial charge in [0, 0.05) is 18.0 Å². The Bertz CT molecular complexity index is 990. The Kier molecular flexibility index (Phi) is 4.27. The van der Waals surface area contributed by atoms with Crippen LogP contribution in [0.5, 0.6) is 0 Å². The van der Waals surface area contributed by atoms with Gasteiger partial charge >= 0.3 is 0 Å². The van der Waals surface area contributed by atoms with Crippen LogP contribution < -0.4 is 0 Å². The maximum atomic E-state index is 11.6. The second-order valence-corrected chi connectivity index (χ2v) is 9.20. The minimum Gasteiger partial charge on any atom is -0.288 e. The lowest BCUT2D eigenvalue weighted by molar-refractivity contribution is 0.601. The Morgan fingerprint density at radius 2 is 2.04 bits per heavy atom. The fourth-order valence-electron chi connectivity index (χ4n) is 2.88. The molecule has 7 heteroatoms. The van der Waals surface area contributed by atoms with Crippen molar-refractivity contribution in [1.29, 1.82) is 0 Å². The van der Waals surface area contributed by atoms with Gasteiger partial charge in [-0.05, 0) is 30.0 Å². The van der Waals surface area contributed by atoms with E-state index in [-0.39, 0.29) is 17.5 Å². The predicted octanol–water partition coefficient (Wildman–Crippen LogP) is 3.21. The number of benzene rings is 1. The predicted molar refractivity (Wildman–Crippen MR) is 102 cm³/mol. The molecule has 2 aromatic heterocycles. The van der Waals surface area contributed by atoms with Crippen LogP contribution in [0.1, 0.15) is 12.0 Å². The zero-order valence-electron chi connectivity index (χ0n) is 13.4. The standard InChI is InChI=1S/C18H17N3O2S2/c22-25(23)10-8-15(13-25)19-11-14-12-21(16-5-2-1-3-6-16)20-18(14)17-7-4-9-24-17/h1-7,9,11-12,15H,8,10,13H2/t15-/m0/s1. The Morgan fingerprint density at radius 3 is 2.72 bits per heavy atom. The zero-order valence-corrected chi connectivity index (χ0v) is 15.1. The summed E-state index contributed by atoms with van der Waals surface area (Å²) >= 11 is 1.62. The Morgan fingerprint density at radius 1 is 1.20 bits per heavy atom. The van der Waals surface area contributed by atoms with Crippen molar-refractivity contribution in [3.8, 4) is 16.3 Å². The van der Waals surface area contributed by atoms with Crippen molar-refractivity contribution in [2.75, 3.05) is 11.5 Å². The average Bonchev–Trinajstić information content (AvgIpc) is 3.32. The molecule has 1 aromatic carbocycles. The summed E-state index contributed by atoms with van der Waals surface area (Å²) in [4.78, 5) is 5.58. The molecular weight excluding hydrogens is 354 g/mol. The molecule has 1 aliphatic heterocycles. The van der Waals surface area contributed by atoms with Crippen LogP contribution in [0.25, 0.3) is 16.3 Å². The van der Waals surface area contributed by atoms with Gasteiger partial charge in [0.1, 0.15) is 5.69 Å². The molecule has 0 radical (unpaired) electrons. The summed E-state index contributed by atoms with van der Waals surface area (Å²) in [5, 5.41) is 6.73. The highest BCUT2D eigenvalue weighted by Crippen LogP contribution is 2.27. The first kappa shape index (κ1) is 16.2. The van der Waals surface area contributed by atoms with E-state index < -0.39 is 9.84 Å². The van der Waals surface area contributed by atoms with E-state index in [0.29, 0.717) is 6.42 Å². The van der Waals surface area contributed by atoms with Crippen LogP contribution in [0.4, 0.5) is 0 Å². The second kappa shape index (κ2) is 6.57. The third-order valence-electron chi connectivity index (χ3n) is 4.15. The summed E-state index contributed by atoms with van der Waals surface area (Å²) in [5.74, 6) is 0.376. The molecule has 0 spiro atoms. The zero-order chi connectivity index (χ0) is 17.3. The van der Waals surface area contributed by atoms with E-state index in [1.54, 1.807) is 17.6 Å². The molecule has 4 rings (SSSR count). The van der Waals surface area contributed by atoms with Crippen LogP contribution >= 0.6 is 11.3 Å². The summed E-state index contributed by atoms with van der Waals surface area (Å²) in [6, 6.07) is 13.8. The van der Waals surface area contributed by atoms with Gasteiger partial charge in [0.05, 0.1) is 28.1 Å². The lowest BCUT2D eigenvalue weighted by Gasteiger charge is -1.99. The van der Waals surface area contributed by atoms with Crippen LogP contribution in [-0.4, -0.2) is 42.0 Å². The van der Waals surface area contributed by atoms with E-state index in [1.807, 2.05) is 58.7 Å². The minimum atomic E-state index is -2.92. The molecule has 1 aliphatic rings. The van der Waals surface area contributed by atoms with Crippen molar-refractivity contribution in [1.82, 2.24) is 9.78 Å². The molecule has 0 amide bonds. The summed E-state index contributed by atoms with van der Waals surface area (Å²) in [6.45, 7) is 0. The third-order valence-corrected chi connectivity index (χ3v) is 6.78. The van der Waals surface area contributed by atoms with Gasteiger partial charge in [0.15, 0.2) is 9.84 Å². The molecule has 3 aromatic rings. The molecule has 0 saturated carbocycles. The molecule has 128 valence electrons. The van der Waals surface area contributed by atoms with Gasteiger partial charge in [-0.1, -0.05) is 24.3 Å². The molecule has 1 fully saturated rings. The fourth-order valence-corrected chi connectivity index (χ4v) is 5.25. The number of rotatable bonds is 4. The highest BCUT2D eigenvalue weighted by molar-refractivity contribution is 7.91. The van der Waals surface area contributed by atoms with Gasteiger partial charge in [0.25, 0.3) is 0 Å². The van der Waals surface area contributed by atoms with E-state index in [9.17, 15) is 8.42 Å².